The van der Waals surface area contributed by atoms with Crippen molar-refractivity contribution < 1.29 is 9.59 Å². The maximum Gasteiger partial charge on any atom is 0.220 e. The molecule has 1 amide bonds. The summed E-state index contributed by atoms with van der Waals surface area (Å²) in [4.78, 5) is 24.7. The van der Waals surface area contributed by atoms with Crippen LogP contribution in [0.3, 0.4) is 0 Å². The number of fused-ring (bicyclic) bond motifs is 1. The van der Waals surface area contributed by atoms with Crippen LogP contribution in [-0.2, 0) is 9.59 Å². The SMILES string of the molecule is CC(=O)[C@@H]1[C@H]2CC(Br)(Br)[C@H]2CN1C(C)=O. The molecule has 2 aliphatic rings. The van der Waals surface area contributed by atoms with E-state index < -0.39 is 0 Å². The molecule has 0 aromatic rings. The number of halogens is 2. The molecule has 0 bridgehead atoms. The van der Waals surface area contributed by atoms with Crippen molar-refractivity contribution in [3.05, 3.63) is 0 Å². The van der Waals surface area contributed by atoms with E-state index in [1.807, 2.05) is 0 Å². The van der Waals surface area contributed by atoms with Crippen molar-refractivity contribution in [3.63, 3.8) is 0 Å². The number of hydrogen-bond acceptors (Lipinski definition) is 2. The normalized spacial score (nSPS) is 37.1. The lowest BCUT2D eigenvalue weighted by Crippen LogP contribution is -2.48. The molecule has 1 saturated carbocycles. The molecule has 0 spiro atoms. The average molecular weight is 339 g/mol. The van der Waals surface area contributed by atoms with E-state index in [1.54, 1.807) is 11.8 Å². The van der Waals surface area contributed by atoms with E-state index in [0.717, 1.165) is 6.42 Å². The van der Waals surface area contributed by atoms with Crippen LogP contribution in [0, 0.1) is 11.8 Å². The second-order valence-corrected chi connectivity index (χ2v) is 8.36. The first-order valence-corrected chi connectivity index (χ1v) is 6.58. The Morgan fingerprint density at radius 3 is 2.33 bits per heavy atom. The van der Waals surface area contributed by atoms with Gasteiger partial charge in [-0.2, -0.15) is 0 Å². The van der Waals surface area contributed by atoms with Crippen LogP contribution >= 0.6 is 31.9 Å². The number of carbonyl (C=O) groups excluding carboxylic acids is 2. The van der Waals surface area contributed by atoms with Gasteiger partial charge in [-0.15, -0.1) is 0 Å². The first-order valence-electron chi connectivity index (χ1n) is 5.00. The topological polar surface area (TPSA) is 37.4 Å². The van der Waals surface area contributed by atoms with E-state index in [-0.39, 0.29) is 21.0 Å². The predicted octanol–water partition coefficient (Wildman–Crippen LogP) is 1.93. The lowest BCUT2D eigenvalue weighted by molar-refractivity contribution is -0.136. The number of rotatable bonds is 1. The lowest BCUT2D eigenvalue weighted by Gasteiger charge is -2.44. The van der Waals surface area contributed by atoms with Crippen LogP contribution in [0.5, 0.6) is 0 Å². The molecule has 84 valence electrons. The summed E-state index contributed by atoms with van der Waals surface area (Å²) in [6.07, 6.45) is 0.908. The van der Waals surface area contributed by atoms with Gasteiger partial charge >= 0.3 is 0 Å². The molecule has 1 saturated heterocycles. The Morgan fingerprint density at radius 1 is 1.33 bits per heavy atom. The molecule has 1 aliphatic heterocycles. The summed E-state index contributed by atoms with van der Waals surface area (Å²) >= 11 is 7.18. The summed E-state index contributed by atoms with van der Waals surface area (Å²) in [6, 6.07) is -0.198. The number of likely N-dealkylation sites (tertiary alicyclic amines) is 1. The van der Waals surface area contributed by atoms with Gasteiger partial charge in [-0.3, -0.25) is 9.59 Å². The molecule has 0 radical (unpaired) electrons. The quantitative estimate of drug-likeness (QED) is 0.685. The highest BCUT2D eigenvalue weighted by Gasteiger charge is 2.61. The Labute approximate surface area is 106 Å². The van der Waals surface area contributed by atoms with Crippen LogP contribution in [0.2, 0.25) is 0 Å². The number of hydrogen-bond donors (Lipinski definition) is 0. The lowest BCUT2D eigenvalue weighted by atomic mass is 9.72. The first kappa shape index (κ1) is 11.6. The third-order valence-electron chi connectivity index (χ3n) is 3.52. The van der Waals surface area contributed by atoms with Crippen molar-refractivity contribution in [2.24, 2.45) is 11.8 Å². The Morgan fingerprint density at radius 2 is 1.93 bits per heavy atom. The molecular formula is C10H13Br2NO2. The maximum atomic E-state index is 11.5. The van der Waals surface area contributed by atoms with Crippen molar-refractivity contribution in [1.29, 1.82) is 0 Å². The monoisotopic (exact) mass is 337 g/mol. The third kappa shape index (κ3) is 1.68. The Balaban J connectivity index is 2.23. The fourth-order valence-corrected chi connectivity index (χ4v) is 4.48. The van der Waals surface area contributed by atoms with Crippen molar-refractivity contribution >= 4 is 43.6 Å². The summed E-state index contributed by atoms with van der Waals surface area (Å²) in [5.41, 5.74) is 0. The molecule has 0 N–H and O–H groups in total. The number of amides is 1. The van der Waals surface area contributed by atoms with Gasteiger partial charge in [0.05, 0.1) is 9.28 Å². The minimum Gasteiger partial charge on any atom is -0.332 e. The molecule has 5 heteroatoms. The van der Waals surface area contributed by atoms with Crippen LogP contribution in [0.15, 0.2) is 0 Å². The number of ketones is 1. The zero-order valence-electron chi connectivity index (χ0n) is 8.67. The Kier molecular flexibility index (Phi) is 2.74. The fourth-order valence-electron chi connectivity index (χ4n) is 2.76. The minimum atomic E-state index is -0.198. The van der Waals surface area contributed by atoms with Gasteiger partial charge in [-0.25, -0.2) is 0 Å². The van der Waals surface area contributed by atoms with Crippen LogP contribution in [0.4, 0.5) is 0 Å². The largest absolute Gasteiger partial charge is 0.332 e. The Hall–Kier alpha value is 0.1000. The van der Waals surface area contributed by atoms with Crippen molar-refractivity contribution in [3.8, 4) is 0 Å². The number of alkyl halides is 2. The third-order valence-corrected chi connectivity index (χ3v) is 5.35. The molecule has 0 aromatic heterocycles. The van der Waals surface area contributed by atoms with Gasteiger partial charge in [0.25, 0.3) is 0 Å². The van der Waals surface area contributed by atoms with E-state index in [4.69, 9.17) is 0 Å². The smallest absolute Gasteiger partial charge is 0.220 e. The van der Waals surface area contributed by atoms with Crippen LogP contribution in [0.1, 0.15) is 20.3 Å². The summed E-state index contributed by atoms with van der Waals surface area (Å²) in [7, 11) is 0. The van der Waals surface area contributed by atoms with E-state index >= 15 is 0 Å². The van der Waals surface area contributed by atoms with Gasteiger partial charge in [0, 0.05) is 19.4 Å². The van der Waals surface area contributed by atoms with Crippen molar-refractivity contribution in [2.75, 3.05) is 6.54 Å². The second kappa shape index (κ2) is 3.55. The maximum absolute atomic E-state index is 11.5. The summed E-state index contributed by atoms with van der Waals surface area (Å²) in [6.45, 7) is 3.79. The Bertz CT molecular complexity index is 329. The predicted molar refractivity (Wildman–Crippen MR) is 64.0 cm³/mol. The van der Waals surface area contributed by atoms with Crippen molar-refractivity contribution in [1.82, 2.24) is 4.90 Å². The highest BCUT2D eigenvalue weighted by molar-refractivity contribution is 9.25. The number of nitrogens with zero attached hydrogens (tertiary/aromatic N) is 1. The fraction of sp³-hybridized carbons (Fsp3) is 0.800. The number of carbonyl (C=O) groups is 2. The molecule has 15 heavy (non-hydrogen) atoms. The zero-order valence-corrected chi connectivity index (χ0v) is 11.8. The molecule has 0 unspecified atom stereocenters. The number of Topliss-reactive ketones (excluding diaryl/α,β-unsaturated/α-hetero) is 1. The van der Waals surface area contributed by atoms with Crippen LogP contribution < -0.4 is 0 Å². The van der Waals surface area contributed by atoms with E-state index in [9.17, 15) is 9.59 Å². The zero-order chi connectivity index (χ0) is 11.4. The molecule has 1 aliphatic carbocycles. The van der Waals surface area contributed by atoms with Gasteiger partial charge in [0.1, 0.15) is 0 Å². The molecule has 3 nitrogen and oxygen atoms in total. The van der Waals surface area contributed by atoms with E-state index in [1.165, 1.54) is 6.92 Å². The molecule has 2 fully saturated rings. The highest BCUT2D eigenvalue weighted by atomic mass is 79.9. The van der Waals surface area contributed by atoms with Gasteiger partial charge in [-0.1, -0.05) is 31.9 Å². The second-order valence-electron chi connectivity index (χ2n) is 4.46. The van der Waals surface area contributed by atoms with E-state index in [0.29, 0.717) is 18.4 Å². The molecule has 2 rings (SSSR count). The summed E-state index contributed by atoms with van der Waals surface area (Å²) in [5.74, 6) is 0.786. The van der Waals surface area contributed by atoms with Gasteiger partial charge < -0.3 is 4.90 Å². The minimum absolute atomic E-state index is 0.000370. The van der Waals surface area contributed by atoms with Gasteiger partial charge in [0.15, 0.2) is 5.78 Å². The average Bonchev–Trinajstić information content (AvgIpc) is 2.39. The summed E-state index contributed by atoms with van der Waals surface area (Å²) in [5, 5.41) is 0. The first-order chi connectivity index (χ1) is 6.84. The summed E-state index contributed by atoms with van der Waals surface area (Å²) < 4.78 is -0.0669. The van der Waals surface area contributed by atoms with Gasteiger partial charge in [-0.05, 0) is 19.3 Å². The molecule has 0 aromatic carbocycles. The van der Waals surface area contributed by atoms with Gasteiger partial charge in [0.2, 0.25) is 5.91 Å². The van der Waals surface area contributed by atoms with E-state index in [2.05, 4.69) is 31.9 Å². The standard InChI is InChI=1S/C10H13Br2NO2/c1-5(14)9-7-3-10(11,12)8(7)4-13(9)6(2)15/h7-9H,3-4H2,1-2H3/t7-,8-,9+/m0/s1. The molecular weight excluding hydrogens is 326 g/mol. The van der Waals surface area contributed by atoms with Crippen LogP contribution in [0.25, 0.3) is 0 Å². The highest BCUT2D eigenvalue weighted by Crippen LogP contribution is 2.59. The molecule has 1 heterocycles. The molecule has 3 atom stereocenters. The van der Waals surface area contributed by atoms with Crippen molar-refractivity contribution in [2.45, 2.75) is 29.5 Å². The van der Waals surface area contributed by atoms with Crippen LogP contribution in [-0.4, -0.2) is 32.4 Å².